The summed E-state index contributed by atoms with van der Waals surface area (Å²) in [7, 11) is 0. The Morgan fingerprint density at radius 3 is 2.50 bits per heavy atom. The van der Waals surface area contributed by atoms with Gasteiger partial charge in [-0.15, -0.1) is 0 Å². The highest BCUT2D eigenvalue weighted by atomic mass is 16.1. The lowest BCUT2D eigenvalue weighted by molar-refractivity contribution is 0.101. The van der Waals surface area contributed by atoms with Crippen molar-refractivity contribution in [1.82, 2.24) is 0 Å². The van der Waals surface area contributed by atoms with Crippen molar-refractivity contribution in [2.24, 2.45) is 0 Å². The topological polar surface area (TPSA) is 17.1 Å². The third-order valence-corrected chi connectivity index (χ3v) is 0.977. The van der Waals surface area contributed by atoms with Gasteiger partial charge >= 0.3 is 0 Å². The van der Waals surface area contributed by atoms with E-state index in [0.29, 0.717) is 0 Å². The summed E-state index contributed by atoms with van der Waals surface area (Å²) in [6, 6.07) is -2.58. The van der Waals surface area contributed by atoms with Crippen molar-refractivity contribution < 1.29 is 14.4 Å². The lowest BCUT2D eigenvalue weighted by atomic mass is 10.1. The molecule has 0 N–H and O–H groups in total. The van der Waals surface area contributed by atoms with E-state index in [1.807, 2.05) is 0 Å². The average molecular weight is 141 g/mol. The molecule has 1 aromatic carbocycles. The van der Waals surface area contributed by atoms with Gasteiger partial charge in [-0.1, -0.05) is 29.7 Å². The maximum absolute atomic E-state index is 11.2. The summed E-state index contributed by atoms with van der Waals surface area (Å²) in [5, 5.41) is 0. The molecule has 1 nitrogen and oxygen atoms in total. The highest BCUT2D eigenvalue weighted by molar-refractivity contribution is 5.93. The summed E-state index contributed by atoms with van der Waals surface area (Å²) in [6.45, 7) is -1.63. The van der Waals surface area contributed by atoms with E-state index in [1.54, 1.807) is 0 Å². The molecule has 10 heavy (non-hydrogen) atoms. The van der Waals surface area contributed by atoms with Gasteiger partial charge in [-0.3, -0.25) is 4.79 Å². The fourth-order valence-corrected chi connectivity index (χ4v) is 0.489. The molecule has 0 radical (unpaired) electrons. The van der Waals surface area contributed by atoms with Crippen LogP contribution in [0.5, 0.6) is 0 Å². The van der Waals surface area contributed by atoms with Crippen LogP contribution in [0.15, 0.2) is 24.2 Å². The molecule has 0 aliphatic rings. The molecular formula is C9H10O. The number of ketones is 1. The van der Waals surface area contributed by atoms with Gasteiger partial charge in [-0.2, -0.15) is 0 Å². The van der Waals surface area contributed by atoms with Gasteiger partial charge in [-0.25, -0.2) is 0 Å². The molecular weight excluding hydrogens is 124 g/mol. The van der Waals surface area contributed by atoms with Crippen LogP contribution in [-0.2, 0) is 0 Å². The maximum atomic E-state index is 11.2. The van der Waals surface area contributed by atoms with Gasteiger partial charge in [0, 0.05) is 9.68 Å². The van der Waals surface area contributed by atoms with Gasteiger partial charge in [-0.05, 0) is 13.8 Å². The summed E-state index contributed by atoms with van der Waals surface area (Å²) in [5.41, 5.74) is -1.04. The second-order valence-corrected chi connectivity index (χ2v) is 1.81. The molecule has 0 fully saturated rings. The van der Waals surface area contributed by atoms with Crippen molar-refractivity contribution in [1.29, 1.82) is 0 Å². The molecule has 0 aliphatic carbocycles. The quantitative estimate of drug-likeness (QED) is 0.548. The molecule has 0 heterocycles. The molecule has 1 heteroatoms. The standard InChI is InChI=1S/C9H10O/c1-7-3-5-9(6-4-7)8(2)10/h3-6H,1-2H3/i1D3,3D,4D,5D,6D. The Kier molecular flexibility index (Phi) is 0.581. The third kappa shape index (κ3) is 1.44. The molecule has 0 saturated heterocycles. The third-order valence-electron chi connectivity index (χ3n) is 0.977. The van der Waals surface area contributed by atoms with E-state index in [0.717, 1.165) is 6.92 Å². The minimum Gasteiger partial charge on any atom is -0.295 e. The van der Waals surface area contributed by atoms with Gasteiger partial charge < -0.3 is 0 Å². The molecule has 1 aromatic rings. The van der Waals surface area contributed by atoms with Crippen LogP contribution in [-0.4, -0.2) is 5.78 Å². The molecule has 0 aliphatic heterocycles. The number of hydrogen-bond donors (Lipinski definition) is 0. The second kappa shape index (κ2) is 2.65. The van der Waals surface area contributed by atoms with Crippen LogP contribution in [0.2, 0.25) is 0 Å². The molecule has 1 rings (SSSR count). The summed E-state index contributed by atoms with van der Waals surface area (Å²) in [5.74, 6) is -0.626. The van der Waals surface area contributed by atoms with Gasteiger partial charge in [0.25, 0.3) is 0 Å². The van der Waals surface area contributed by atoms with Crippen molar-refractivity contribution in [3.63, 3.8) is 0 Å². The van der Waals surface area contributed by atoms with E-state index in [2.05, 4.69) is 0 Å². The number of rotatable bonds is 1. The van der Waals surface area contributed by atoms with Crippen molar-refractivity contribution in [3.05, 3.63) is 35.3 Å². The number of benzene rings is 1. The van der Waals surface area contributed by atoms with E-state index >= 15 is 0 Å². The fraction of sp³-hybridized carbons (Fsp3) is 0.222. The zero-order chi connectivity index (χ0) is 13.5. The number of Topliss-reactive ketones (excluding diaryl/α,β-unsaturated/α-hetero) is 1. The van der Waals surface area contributed by atoms with Gasteiger partial charge in [0.1, 0.15) is 0 Å². The summed E-state index contributed by atoms with van der Waals surface area (Å²) < 4.78 is 51.6. The maximum Gasteiger partial charge on any atom is 0.159 e. The van der Waals surface area contributed by atoms with Crippen LogP contribution in [0.4, 0.5) is 0 Å². The summed E-state index contributed by atoms with van der Waals surface area (Å²) >= 11 is 0. The van der Waals surface area contributed by atoms with Crippen molar-refractivity contribution in [3.8, 4) is 0 Å². The lowest BCUT2D eigenvalue weighted by Gasteiger charge is -1.93. The van der Waals surface area contributed by atoms with Crippen LogP contribution >= 0.6 is 0 Å². The second-order valence-electron chi connectivity index (χ2n) is 1.81. The Labute approximate surface area is 70.5 Å². The van der Waals surface area contributed by atoms with E-state index in [-0.39, 0.29) is 5.56 Å². The Morgan fingerprint density at radius 2 is 2.10 bits per heavy atom. The molecule has 52 valence electrons. The van der Waals surface area contributed by atoms with Crippen LogP contribution in [0, 0.1) is 6.85 Å². The average Bonchev–Trinajstić information content (AvgIpc) is 2.12. The monoisotopic (exact) mass is 141 g/mol. The first-order chi connectivity index (χ1) is 7.59. The number of hydrogen-bond acceptors (Lipinski definition) is 1. The van der Waals surface area contributed by atoms with Crippen molar-refractivity contribution in [2.75, 3.05) is 0 Å². The molecule has 0 unspecified atom stereocenters. The Morgan fingerprint density at radius 1 is 1.50 bits per heavy atom. The predicted molar refractivity (Wildman–Crippen MR) is 41.2 cm³/mol. The predicted octanol–water partition coefficient (Wildman–Crippen LogP) is 2.20. The minimum atomic E-state index is -2.74. The van der Waals surface area contributed by atoms with Crippen LogP contribution < -0.4 is 0 Å². The largest absolute Gasteiger partial charge is 0.295 e. The normalized spacial score (nSPS) is 20.7. The van der Waals surface area contributed by atoms with Crippen molar-refractivity contribution in [2.45, 2.75) is 13.8 Å². The van der Waals surface area contributed by atoms with Gasteiger partial charge in [0.2, 0.25) is 0 Å². The Bertz CT molecular complexity index is 460. The van der Waals surface area contributed by atoms with E-state index < -0.39 is 42.4 Å². The van der Waals surface area contributed by atoms with Crippen LogP contribution in [0.1, 0.15) is 32.4 Å². The molecule has 0 saturated carbocycles. The Hall–Kier alpha value is -1.11. The molecule has 0 aromatic heterocycles. The summed E-state index contributed by atoms with van der Waals surface area (Å²) in [4.78, 5) is 11.2. The zero-order valence-corrected chi connectivity index (χ0v) is 5.41. The Balaban J connectivity index is 3.77. The highest BCUT2D eigenvalue weighted by Gasteiger charge is 1.95. The number of carbonyl (C=O) groups is 1. The van der Waals surface area contributed by atoms with Crippen molar-refractivity contribution >= 4 is 5.78 Å². The fourth-order valence-electron chi connectivity index (χ4n) is 0.489. The highest BCUT2D eigenvalue weighted by Crippen LogP contribution is 2.02. The molecule has 0 bridgehead atoms. The lowest BCUT2D eigenvalue weighted by Crippen LogP contribution is -1.90. The number of carbonyl (C=O) groups excluding carboxylic acids is 1. The van der Waals surface area contributed by atoms with Crippen LogP contribution in [0.25, 0.3) is 0 Å². The van der Waals surface area contributed by atoms with E-state index in [4.69, 9.17) is 9.60 Å². The molecule has 0 spiro atoms. The first kappa shape index (κ1) is 2.19. The minimum absolute atomic E-state index is 0.381. The first-order valence-electron chi connectivity index (χ1n) is 6.20. The van der Waals surface area contributed by atoms with Crippen LogP contribution in [0.3, 0.4) is 0 Å². The molecule has 0 atom stereocenters. The summed E-state index contributed by atoms with van der Waals surface area (Å²) in [6.07, 6.45) is 0. The molecule has 0 amide bonds. The van der Waals surface area contributed by atoms with E-state index in [9.17, 15) is 4.79 Å². The first-order valence-corrected chi connectivity index (χ1v) is 2.70. The SMILES string of the molecule is [2H]c1c([2H])c(C([2H])([2H])[2H])c([2H])c([2H])c1C(C)=O. The van der Waals surface area contributed by atoms with E-state index in [1.165, 1.54) is 0 Å². The smallest absolute Gasteiger partial charge is 0.159 e. The zero-order valence-electron chi connectivity index (χ0n) is 12.4. The van der Waals surface area contributed by atoms with Gasteiger partial charge in [0.05, 0.1) is 5.48 Å². The van der Waals surface area contributed by atoms with Gasteiger partial charge in [0.15, 0.2) is 5.78 Å².